The minimum atomic E-state index is -0.230. The number of carbonyl (C=O) groups is 1. The molecule has 0 aliphatic rings. The average molecular weight is 413 g/mol. The quantitative estimate of drug-likeness (QED) is 0.299. The molecule has 7 nitrogen and oxygen atoms in total. The van der Waals surface area contributed by atoms with Crippen molar-refractivity contribution < 1.29 is 4.79 Å². The fourth-order valence-corrected chi connectivity index (χ4v) is 3.07. The fraction of sp³-hybridized carbons (Fsp3) is 0.0556. The number of hydrogen-bond acceptors (Lipinski definition) is 3. The van der Waals surface area contributed by atoms with Crippen molar-refractivity contribution in [3.8, 4) is 0 Å². The first-order valence-electron chi connectivity index (χ1n) is 7.77. The van der Waals surface area contributed by atoms with Gasteiger partial charge in [-0.1, -0.05) is 30.3 Å². The Morgan fingerprint density at radius 2 is 1.77 bits per heavy atom. The molecular formula is C18H17BrN6O. The molecule has 132 valence electrons. The molecule has 1 amide bonds. The number of nitrogens with zero attached hydrogens (tertiary/aromatic N) is 2. The van der Waals surface area contributed by atoms with Crippen LogP contribution in [0.3, 0.4) is 0 Å². The number of aromatic nitrogens is 1. The van der Waals surface area contributed by atoms with Gasteiger partial charge in [0.1, 0.15) is 5.69 Å². The van der Waals surface area contributed by atoms with Gasteiger partial charge in [-0.3, -0.25) is 4.79 Å². The predicted octanol–water partition coefficient (Wildman–Crippen LogP) is 3.18. The molecule has 2 aromatic carbocycles. The zero-order chi connectivity index (χ0) is 18.7. The minimum Gasteiger partial charge on any atom is -0.369 e. The maximum absolute atomic E-state index is 12.6. The smallest absolute Gasteiger partial charge is 0.273 e. The van der Waals surface area contributed by atoms with Crippen molar-refractivity contribution in [3.63, 3.8) is 0 Å². The number of halogens is 1. The number of aromatic amines is 1. The molecule has 8 heteroatoms. The third-order valence-electron chi connectivity index (χ3n) is 3.75. The number of rotatable bonds is 4. The Kier molecular flexibility index (Phi) is 5.04. The monoisotopic (exact) mass is 412 g/mol. The number of guanidine groups is 1. The van der Waals surface area contributed by atoms with E-state index in [-0.39, 0.29) is 11.9 Å². The molecule has 0 unspecified atom stereocenters. The Morgan fingerprint density at radius 3 is 2.42 bits per heavy atom. The van der Waals surface area contributed by atoms with E-state index in [4.69, 9.17) is 11.5 Å². The molecule has 3 rings (SSSR count). The van der Waals surface area contributed by atoms with Crippen LogP contribution in [-0.4, -0.2) is 22.6 Å². The molecular weight excluding hydrogens is 396 g/mol. The molecule has 0 saturated heterocycles. The number of anilines is 1. The highest BCUT2D eigenvalue weighted by Crippen LogP contribution is 2.28. The number of para-hydroxylation sites is 1. The highest BCUT2D eigenvalue weighted by molar-refractivity contribution is 9.10. The van der Waals surface area contributed by atoms with E-state index in [1.54, 1.807) is 19.1 Å². The number of hydrogen-bond donors (Lipinski definition) is 4. The van der Waals surface area contributed by atoms with Gasteiger partial charge in [-0.25, -0.2) is 0 Å². The first kappa shape index (κ1) is 17.7. The van der Waals surface area contributed by atoms with Crippen molar-refractivity contribution in [1.82, 2.24) is 4.98 Å². The van der Waals surface area contributed by atoms with Gasteiger partial charge < -0.3 is 21.8 Å². The standard InChI is InChI=1S/C18H17BrN6O/c1-10(24-25-18(20)21)11-6-8-12(9-7-11)22-17(26)16-15(19)13-4-2-3-5-14(13)23-16/h2-9,23H,1H3,(H,22,26)(H4,20,21,25)/b24-10+. The summed E-state index contributed by atoms with van der Waals surface area (Å²) in [6, 6.07) is 14.9. The number of fused-ring (bicyclic) bond motifs is 1. The first-order valence-corrected chi connectivity index (χ1v) is 8.56. The third-order valence-corrected chi connectivity index (χ3v) is 4.57. The van der Waals surface area contributed by atoms with E-state index >= 15 is 0 Å². The average Bonchev–Trinajstić information content (AvgIpc) is 2.97. The first-order chi connectivity index (χ1) is 12.5. The molecule has 0 aliphatic carbocycles. The number of amides is 1. The molecule has 3 aromatic rings. The maximum Gasteiger partial charge on any atom is 0.273 e. The van der Waals surface area contributed by atoms with E-state index in [1.807, 2.05) is 36.4 Å². The van der Waals surface area contributed by atoms with Gasteiger partial charge >= 0.3 is 0 Å². The lowest BCUT2D eigenvalue weighted by atomic mass is 10.1. The van der Waals surface area contributed by atoms with Crippen LogP contribution in [-0.2, 0) is 0 Å². The molecule has 0 atom stereocenters. The second-order valence-electron chi connectivity index (χ2n) is 5.60. The number of H-pyrrole nitrogens is 1. The van der Waals surface area contributed by atoms with Crippen molar-refractivity contribution in [3.05, 3.63) is 64.3 Å². The van der Waals surface area contributed by atoms with Gasteiger partial charge in [0.15, 0.2) is 0 Å². The molecule has 0 radical (unpaired) electrons. The normalized spacial score (nSPS) is 11.4. The van der Waals surface area contributed by atoms with Crippen LogP contribution in [0.2, 0.25) is 0 Å². The largest absolute Gasteiger partial charge is 0.369 e. The van der Waals surface area contributed by atoms with Gasteiger partial charge in [0, 0.05) is 16.6 Å². The van der Waals surface area contributed by atoms with Gasteiger partial charge in [0.25, 0.3) is 5.91 Å². The Balaban J connectivity index is 1.78. The Labute approximate surface area is 158 Å². The summed E-state index contributed by atoms with van der Waals surface area (Å²) in [5.41, 5.74) is 14.1. The highest BCUT2D eigenvalue weighted by atomic mass is 79.9. The van der Waals surface area contributed by atoms with E-state index < -0.39 is 0 Å². The molecule has 0 aliphatic heterocycles. The second-order valence-corrected chi connectivity index (χ2v) is 6.39. The van der Waals surface area contributed by atoms with Gasteiger partial charge in [-0.15, -0.1) is 5.10 Å². The summed E-state index contributed by atoms with van der Waals surface area (Å²) in [5.74, 6) is -0.330. The van der Waals surface area contributed by atoms with Gasteiger partial charge in [-0.2, -0.15) is 5.10 Å². The molecule has 0 spiro atoms. The molecule has 6 N–H and O–H groups in total. The van der Waals surface area contributed by atoms with E-state index in [0.717, 1.165) is 20.9 Å². The Bertz CT molecular complexity index is 1020. The summed E-state index contributed by atoms with van der Waals surface area (Å²) in [6.07, 6.45) is 0. The van der Waals surface area contributed by atoms with E-state index in [9.17, 15) is 4.79 Å². The van der Waals surface area contributed by atoms with Crippen molar-refractivity contribution in [1.29, 1.82) is 0 Å². The summed E-state index contributed by atoms with van der Waals surface area (Å²) in [6.45, 7) is 1.79. The Morgan fingerprint density at radius 1 is 1.08 bits per heavy atom. The lowest BCUT2D eigenvalue weighted by Crippen LogP contribution is -2.22. The van der Waals surface area contributed by atoms with Crippen LogP contribution in [0.1, 0.15) is 23.0 Å². The van der Waals surface area contributed by atoms with E-state index in [2.05, 4.69) is 36.4 Å². The van der Waals surface area contributed by atoms with Gasteiger partial charge in [0.2, 0.25) is 5.96 Å². The van der Waals surface area contributed by atoms with E-state index in [0.29, 0.717) is 17.1 Å². The predicted molar refractivity (Wildman–Crippen MR) is 108 cm³/mol. The summed E-state index contributed by atoms with van der Waals surface area (Å²) in [4.78, 5) is 15.7. The van der Waals surface area contributed by atoms with Crippen molar-refractivity contribution in [2.45, 2.75) is 6.92 Å². The van der Waals surface area contributed by atoms with Gasteiger partial charge in [0.05, 0.1) is 10.2 Å². The second kappa shape index (κ2) is 7.40. The lowest BCUT2D eigenvalue weighted by Gasteiger charge is -2.06. The van der Waals surface area contributed by atoms with E-state index in [1.165, 1.54) is 0 Å². The van der Waals surface area contributed by atoms with Crippen LogP contribution < -0.4 is 16.8 Å². The van der Waals surface area contributed by atoms with Crippen LogP contribution >= 0.6 is 15.9 Å². The van der Waals surface area contributed by atoms with Crippen molar-refractivity contribution in [2.75, 3.05) is 5.32 Å². The zero-order valence-corrected chi connectivity index (χ0v) is 15.5. The molecule has 0 bridgehead atoms. The maximum atomic E-state index is 12.6. The molecule has 1 aromatic heterocycles. The van der Waals surface area contributed by atoms with Crippen LogP contribution in [0.25, 0.3) is 10.9 Å². The SMILES string of the molecule is C/C(=N\N=C(N)N)c1ccc(NC(=O)c2[nH]c3ccccc3c2Br)cc1. The van der Waals surface area contributed by atoms with Crippen LogP contribution in [0.4, 0.5) is 5.69 Å². The number of nitrogens with one attached hydrogen (secondary N) is 2. The lowest BCUT2D eigenvalue weighted by molar-refractivity contribution is 0.102. The zero-order valence-electron chi connectivity index (χ0n) is 14.0. The minimum absolute atomic E-state index is 0.0999. The fourth-order valence-electron chi connectivity index (χ4n) is 2.44. The van der Waals surface area contributed by atoms with Gasteiger partial charge in [-0.05, 0) is 46.6 Å². The molecule has 0 fully saturated rings. The number of benzene rings is 2. The molecule has 26 heavy (non-hydrogen) atoms. The summed E-state index contributed by atoms with van der Waals surface area (Å²) in [5, 5.41) is 11.4. The number of carbonyl (C=O) groups excluding carboxylic acids is 1. The topological polar surface area (TPSA) is 122 Å². The van der Waals surface area contributed by atoms with Crippen LogP contribution in [0.5, 0.6) is 0 Å². The summed E-state index contributed by atoms with van der Waals surface area (Å²) >= 11 is 3.48. The number of nitrogens with two attached hydrogens (primary N) is 2. The third kappa shape index (κ3) is 3.75. The molecule has 0 saturated carbocycles. The van der Waals surface area contributed by atoms with Crippen LogP contribution in [0.15, 0.2) is 63.2 Å². The molecule has 1 heterocycles. The summed E-state index contributed by atoms with van der Waals surface area (Å²) < 4.78 is 0.738. The van der Waals surface area contributed by atoms with Crippen LogP contribution in [0, 0.1) is 0 Å². The highest BCUT2D eigenvalue weighted by Gasteiger charge is 2.15. The van der Waals surface area contributed by atoms with Crippen molar-refractivity contribution >= 4 is 50.1 Å². The Hall–Kier alpha value is -3.13. The summed E-state index contributed by atoms with van der Waals surface area (Å²) in [7, 11) is 0. The van der Waals surface area contributed by atoms with Crippen molar-refractivity contribution in [2.24, 2.45) is 21.7 Å².